The Balaban J connectivity index is 2.21. The zero-order valence-electron chi connectivity index (χ0n) is 9.30. The van der Waals surface area contributed by atoms with Crippen LogP contribution in [0.3, 0.4) is 0 Å². The van der Waals surface area contributed by atoms with Crippen LogP contribution in [-0.4, -0.2) is 29.9 Å². The summed E-state index contributed by atoms with van der Waals surface area (Å²) in [5, 5.41) is 10.8. The largest absolute Gasteiger partial charge is 0.370 e. The van der Waals surface area contributed by atoms with Gasteiger partial charge in [-0.2, -0.15) is 5.10 Å². The summed E-state index contributed by atoms with van der Waals surface area (Å²) < 4.78 is 1.88. The molecule has 14 heavy (non-hydrogen) atoms. The molecule has 0 aliphatic heterocycles. The lowest BCUT2D eigenvalue weighted by atomic mass is 10.3. The molecular formula is C10H20N4. The standard InChI is InChI=1S/C10H20N4/c1-9-8-10(14(3)13-9)12-7-5-4-6-11-2/h8,11-12H,4-7H2,1-3H3. The van der Waals surface area contributed by atoms with E-state index in [9.17, 15) is 0 Å². The number of nitrogens with zero attached hydrogens (tertiary/aromatic N) is 2. The normalized spacial score (nSPS) is 10.5. The number of rotatable bonds is 6. The smallest absolute Gasteiger partial charge is 0.124 e. The van der Waals surface area contributed by atoms with Crippen LogP contribution in [-0.2, 0) is 7.05 Å². The predicted octanol–water partition coefficient (Wildman–Crippen LogP) is 1.14. The van der Waals surface area contributed by atoms with E-state index >= 15 is 0 Å². The van der Waals surface area contributed by atoms with E-state index in [0.717, 1.165) is 24.6 Å². The molecule has 0 aliphatic carbocycles. The van der Waals surface area contributed by atoms with Crippen LogP contribution in [0.25, 0.3) is 0 Å². The second-order valence-corrected chi connectivity index (χ2v) is 3.53. The van der Waals surface area contributed by atoms with Crippen molar-refractivity contribution < 1.29 is 0 Å². The summed E-state index contributed by atoms with van der Waals surface area (Å²) in [6, 6.07) is 2.07. The van der Waals surface area contributed by atoms with Crippen LogP contribution in [0.5, 0.6) is 0 Å². The lowest BCUT2D eigenvalue weighted by Crippen LogP contribution is -2.11. The van der Waals surface area contributed by atoms with E-state index < -0.39 is 0 Å². The summed E-state index contributed by atoms with van der Waals surface area (Å²) in [4.78, 5) is 0. The Labute approximate surface area is 85.7 Å². The van der Waals surface area contributed by atoms with Gasteiger partial charge in [0.05, 0.1) is 5.69 Å². The summed E-state index contributed by atoms with van der Waals surface area (Å²) >= 11 is 0. The SMILES string of the molecule is CNCCCCNc1cc(C)nn1C. The van der Waals surface area contributed by atoms with Gasteiger partial charge >= 0.3 is 0 Å². The number of hydrogen-bond acceptors (Lipinski definition) is 3. The van der Waals surface area contributed by atoms with E-state index in [1.54, 1.807) is 0 Å². The van der Waals surface area contributed by atoms with E-state index in [0.29, 0.717) is 0 Å². The van der Waals surface area contributed by atoms with Gasteiger partial charge in [-0.15, -0.1) is 0 Å². The van der Waals surface area contributed by atoms with Gasteiger partial charge in [0.1, 0.15) is 5.82 Å². The number of aryl methyl sites for hydroxylation is 2. The van der Waals surface area contributed by atoms with Crippen LogP contribution in [0.4, 0.5) is 5.82 Å². The molecule has 1 heterocycles. The maximum absolute atomic E-state index is 4.27. The van der Waals surface area contributed by atoms with E-state index in [4.69, 9.17) is 0 Å². The van der Waals surface area contributed by atoms with Gasteiger partial charge < -0.3 is 10.6 Å². The van der Waals surface area contributed by atoms with Crippen LogP contribution < -0.4 is 10.6 Å². The molecule has 0 aliphatic rings. The molecule has 1 rings (SSSR count). The molecule has 0 saturated carbocycles. The molecule has 4 heteroatoms. The first-order valence-electron chi connectivity index (χ1n) is 5.13. The third-order valence-electron chi connectivity index (χ3n) is 2.16. The molecule has 0 spiro atoms. The van der Waals surface area contributed by atoms with Crippen molar-refractivity contribution in [1.29, 1.82) is 0 Å². The van der Waals surface area contributed by atoms with Crippen molar-refractivity contribution in [3.8, 4) is 0 Å². The maximum atomic E-state index is 4.27. The lowest BCUT2D eigenvalue weighted by Gasteiger charge is -2.05. The monoisotopic (exact) mass is 196 g/mol. The molecule has 0 bridgehead atoms. The van der Waals surface area contributed by atoms with Crippen molar-refractivity contribution in [2.75, 3.05) is 25.5 Å². The van der Waals surface area contributed by atoms with Gasteiger partial charge in [0.25, 0.3) is 0 Å². The van der Waals surface area contributed by atoms with E-state index in [2.05, 4.69) is 21.8 Å². The minimum absolute atomic E-state index is 1.01. The Kier molecular flexibility index (Phi) is 4.46. The molecule has 1 aromatic heterocycles. The fraction of sp³-hybridized carbons (Fsp3) is 0.700. The molecule has 0 amide bonds. The Bertz CT molecular complexity index is 267. The molecule has 1 aromatic rings. The van der Waals surface area contributed by atoms with Crippen LogP contribution in [0.15, 0.2) is 6.07 Å². The lowest BCUT2D eigenvalue weighted by molar-refractivity contribution is 0.688. The Morgan fingerprint density at radius 2 is 2.07 bits per heavy atom. The van der Waals surface area contributed by atoms with Crippen LogP contribution in [0, 0.1) is 6.92 Å². The van der Waals surface area contributed by atoms with Crippen LogP contribution in [0.1, 0.15) is 18.5 Å². The number of aromatic nitrogens is 2. The highest BCUT2D eigenvalue weighted by Crippen LogP contribution is 2.07. The van der Waals surface area contributed by atoms with Gasteiger partial charge in [-0.1, -0.05) is 0 Å². The van der Waals surface area contributed by atoms with E-state index in [1.807, 2.05) is 25.7 Å². The van der Waals surface area contributed by atoms with Crippen LogP contribution >= 0.6 is 0 Å². The van der Waals surface area contributed by atoms with Gasteiger partial charge in [-0.3, -0.25) is 4.68 Å². The van der Waals surface area contributed by atoms with Crippen molar-refractivity contribution in [2.45, 2.75) is 19.8 Å². The van der Waals surface area contributed by atoms with Gasteiger partial charge in [0.15, 0.2) is 0 Å². The average molecular weight is 196 g/mol. The van der Waals surface area contributed by atoms with Crippen molar-refractivity contribution >= 4 is 5.82 Å². The fourth-order valence-corrected chi connectivity index (χ4v) is 1.42. The van der Waals surface area contributed by atoms with Crippen LogP contribution in [0.2, 0.25) is 0 Å². The van der Waals surface area contributed by atoms with Crippen molar-refractivity contribution in [3.05, 3.63) is 11.8 Å². The van der Waals surface area contributed by atoms with Gasteiger partial charge in [-0.25, -0.2) is 0 Å². The number of unbranched alkanes of at least 4 members (excludes halogenated alkanes) is 1. The summed E-state index contributed by atoms with van der Waals surface area (Å²) in [5.41, 5.74) is 1.06. The first-order chi connectivity index (χ1) is 6.74. The zero-order valence-corrected chi connectivity index (χ0v) is 9.30. The number of nitrogens with one attached hydrogen (secondary N) is 2. The average Bonchev–Trinajstić information content (AvgIpc) is 2.45. The van der Waals surface area contributed by atoms with Crippen molar-refractivity contribution in [3.63, 3.8) is 0 Å². The Hall–Kier alpha value is -1.03. The summed E-state index contributed by atoms with van der Waals surface area (Å²) in [7, 11) is 3.95. The minimum atomic E-state index is 1.01. The zero-order chi connectivity index (χ0) is 10.4. The topological polar surface area (TPSA) is 41.9 Å². The highest BCUT2D eigenvalue weighted by atomic mass is 15.3. The first kappa shape index (κ1) is 11.0. The quantitative estimate of drug-likeness (QED) is 0.670. The molecule has 0 saturated heterocycles. The second-order valence-electron chi connectivity index (χ2n) is 3.53. The number of anilines is 1. The third kappa shape index (κ3) is 3.38. The maximum Gasteiger partial charge on any atom is 0.124 e. The Morgan fingerprint density at radius 3 is 2.64 bits per heavy atom. The summed E-state index contributed by atoms with van der Waals surface area (Å²) in [6.45, 7) is 4.11. The predicted molar refractivity (Wildman–Crippen MR) is 59.6 cm³/mol. The molecule has 0 atom stereocenters. The molecule has 2 N–H and O–H groups in total. The highest BCUT2D eigenvalue weighted by molar-refractivity contribution is 5.36. The molecule has 80 valence electrons. The molecule has 0 aromatic carbocycles. The molecular weight excluding hydrogens is 176 g/mol. The van der Waals surface area contributed by atoms with E-state index in [1.165, 1.54) is 12.8 Å². The number of hydrogen-bond donors (Lipinski definition) is 2. The Morgan fingerprint density at radius 1 is 1.36 bits per heavy atom. The molecule has 0 radical (unpaired) electrons. The molecule has 4 nitrogen and oxygen atoms in total. The summed E-state index contributed by atoms with van der Waals surface area (Å²) in [5.74, 6) is 1.10. The molecule has 0 fully saturated rings. The van der Waals surface area contributed by atoms with Gasteiger partial charge in [-0.05, 0) is 33.4 Å². The second kappa shape index (κ2) is 5.65. The highest BCUT2D eigenvalue weighted by Gasteiger charge is 1.99. The van der Waals surface area contributed by atoms with Crippen molar-refractivity contribution in [2.24, 2.45) is 7.05 Å². The summed E-state index contributed by atoms with van der Waals surface area (Å²) in [6.07, 6.45) is 2.39. The first-order valence-corrected chi connectivity index (χ1v) is 5.13. The van der Waals surface area contributed by atoms with Crippen molar-refractivity contribution in [1.82, 2.24) is 15.1 Å². The third-order valence-corrected chi connectivity index (χ3v) is 2.16. The van der Waals surface area contributed by atoms with E-state index in [-0.39, 0.29) is 0 Å². The van der Waals surface area contributed by atoms with Gasteiger partial charge in [0.2, 0.25) is 0 Å². The minimum Gasteiger partial charge on any atom is -0.370 e. The van der Waals surface area contributed by atoms with Gasteiger partial charge in [0, 0.05) is 19.7 Å². The molecule has 0 unspecified atom stereocenters. The fourth-order valence-electron chi connectivity index (χ4n) is 1.42.